The summed E-state index contributed by atoms with van der Waals surface area (Å²) >= 11 is 0. The Morgan fingerprint density at radius 3 is 2.36 bits per heavy atom. The summed E-state index contributed by atoms with van der Waals surface area (Å²) in [5.41, 5.74) is 0. The summed E-state index contributed by atoms with van der Waals surface area (Å²) in [5.74, 6) is -0.576. The molecule has 0 radical (unpaired) electrons. The van der Waals surface area contributed by atoms with E-state index in [0.29, 0.717) is 0 Å². The Kier molecular flexibility index (Phi) is 3.43. The monoisotopic (exact) mass is 206 g/mol. The van der Waals surface area contributed by atoms with E-state index in [1.807, 2.05) is 0 Å². The Bertz CT molecular complexity index is 218. The van der Waals surface area contributed by atoms with E-state index in [0.717, 1.165) is 0 Å². The first-order valence-corrected chi connectivity index (χ1v) is 4.30. The van der Waals surface area contributed by atoms with Gasteiger partial charge < -0.3 is 24.8 Å². The predicted octanol–water partition coefficient (Wildman–Crippen LogP) is -1.62. The van der Waals surface area contributed by atoms with Crippen molar-refractivity contribution < 1.29 is 29.6 Å². The van der Waals surface area contributed by atoms with Gasteiger partial charge in [-0.3, -0.25) is 4.79 Å². The SMILES string of the molecule is CC(=O)O[C@@H]1[C@@H](O)[C@@H](O)[C@@H](O)O[C@H]1C. The fraction of sp³-hybridized carbons (Fsp3) is 0.875. The van der Waals surface area contributed by atoms with Crippen LogP contribution in [-0.2, 0) is 14.3 Å². The molecule has 0 spiro atoms. The van der Waals surface area contributed by atoms with Crippen molar-refractivity contribution in [2.45, 2.75) is 44.6 Å². The quantitative estimate of drug-likeness (QED) is 0.446. The normalized spacial score (nSPS) is 43.4. The second-order valence-electron chi connectivity index (χ2n) is 3.29. The van der Waals surface area contributed by atoms with Crippen LogP contribution >= 0.6 is 0 Å². The first-order valence-electron chi connectivity index (χ1n) is 4.30. The molecule has 1 heterocycles. The standard InChI is InChI=1S/C8H14O6/c1-3-7(14-4(2)9)5(10)6(11)8(12)13-3/h3,5-8,10-12H,1-2H3/t3-,5-,6+,7-,8-/m0/s1. The molecule has 1 aliphatic rings. The van der Waals surface area contributed by atoms with Gasteiger partial charge in [-0.05, 0) is 6.92 Å². The molecule has 0 aliphatic carbocycles. The Labute approximate surface area is 81.1 Å². The maximum absolute atomic E-state index is 10.7. The summed E-state index contributed by atoms with van der Waals surface area (Å²) in [6, 6.07) is 0. The smallest absolute Gasteiger partial charge is 0.303 e. The van der Waals surface area contributed by atoms with Crippen LogP contribution in [0.1, 0.15) is 13.8 Å². The molecule has 0 unspecified atom stereocenters. The van der Waals surface area contributed by atoms with Crippen LogP contribution in [0.25, 0.3) is 0 Å². The molecule has 14 heavy (non-hydrogen) atoms. The molecule has 82 valence electrons. The molecule has 0 aromatic heterocycles. The lowest BCUT2D eigenvalue weighted by molar-refractivity contribution is -0.281. The van der Waals surface area contributed by atoms with Crippen LogP contribution in [0.15, 0.2) is 0 Å². The van der Waals surface area contributed by atoms with Crippen molar-refractivity contribution >= 4 is 5.97 Å². The first-order chi connectivity index (χ1) is 6.43. The second kappa shape index (κ2) is 4.22. The molecule has 0 aromatic carbocycles. The topological polar surface area (TPSA) is 96.2 Å². The van der Waals surface area contributed by atoms with Crippen LogP contribution in [0.3, 0.4) is 0 Å². The van der Waals surface area contributed by atoms with Gasteiger partial charge in [-0.1, -0.05) is 0 Å². The van der Waals surface area contributed by atoms with E-state index < -0.39 is 36.7 Å². The Morgan fingerprint density at radius 2 is 1.86 bits per heavy atom. The first kappa shape index (κ1) is 11.4. The van der Waals surface area contributed by atoms with Gasteiger partial charge in [0.2, 0.25) is 0 Å². The minimum atomic E-state index is -1.46. The van der Waals surface area contributed by atoms with Crippen molar-refractivity contribution in [1.29, 1.82) is 0 Å². The molecular weight excluding hydrogens is 192 g/mol. The highest BCUT2D eigenvalue weighted by molar-refractivity contribution is 5.66. The third-order valence-corrected chi connectivity index (χ3v) is 2.10. The number of carbonyl (C=O) groups is 1. The van der Waals surface area contributed by atoms with Crippen LogP contribution in [0.2, 0.25) is 0 Å². The van der Waals surface area contributed by atoms with Crippen LogP contribution in [0.4, 0.5) is 0 Å². The average molecular weight is 206 g/mol. The molecule has 3 N–H and O–H groups in total. The molecule has 0 aromatic rings. The number of carbonyl (C=O) groups excluding carboxylic acids is 1. The van der Waals surface area contributed by atoms with E-state index in [4.69, 9.17) is 14.6 Å². The average Bonchev–Trinajstić information content (AvgIpc) is 2.09. The number of rotatable bonds is 1. The largest absolute Gasteiger partial charge is 0.457 e. The molecule has 5 atom stereocenters. The van der Waals surface area contributed by atoms with Crippen molar-refractivity contribution in [3.05, 3.63) is 0 Å². The Morgan fingerprint density at radius 1 is 1.29 bits per heavy atom. The van der Waals surface area contributed by atoms with Crippen molar-refractivity contribution in [1.82, 2.24) is 0 Å². The van der Waals surface area contributed by atoms with Gasteiger partial charge in [0.25, 0.3) is 0 Å². The zero-order chi connectivity index (χ0) is 10.9. The minimum absolute atomic E-state index is 0.576. The van der Waals surface area contributed by atoms with E-state index in [1.54, 1.807) is 0 Å². The van der Waals surface area contributed by atoms with Gasteiger partial charge in [-0.2, -0.15) is 0 Å². The van der Waals surface area contributed by atoms with Gasteiger partial charge in [0.15, 0.2) is 12.4 Å². The molecule has 1 saturated heterocycles. The molecular formula is C8H14O6. The van der Waals surface area contributed by atoms with E-state index in [9.17, 15) is 15.0 Å². The summed E-state index contributed by atoms with van der Waals surface area (Å²) < 4.78 is 9.60. The molecule has 0 bridgehead atoms. The van der Waals surface area contributed by atoms with Crippen LogP contribution in [-0.4, -0.2) is 52.0 Å². The number of esters is 1. The van der Waals surface area contributed by atoms with E-state index in [-0.39, 0.29) is 0 Å². The Balaban J connectivity index is 2.68. The highest BCUT2D eigenvalue weighted by atomic mass is 16.7. The van der Waals surface area contributed by atoms with Crippen molar-refractivity contribution in [3.8, 4) is 0 Å². The fourth-order valence-electron chi connectivity index (χ4n) is 1.38. The summed E-state index contributed by atoms with van der Waals surface area (Å²) in [6.07, 6.45) is -5.86. The maximum Gasteiger partial charge on any atom is 0.303 e. The van der Waals surface area contributed by atoms with Gasteiger partial charge in [-0.25, -0.2) is 0 Å². The molecule has 0 saturated carbocycles. The molecule has 0 amide bonds. The lowest BCUT2D eigenvalue weighted by atomic mass is 10.00. The molecule has 6 heteroatoms. The fourth-order valence-corrected chi connectivity index (χ4v) is 1.38. The number of hydrogen-bond donors (Lipinski definition) is 3. The van der Waals surface area contributed by atoms with Crippen LogP contribution in [0, 0.1) is 0 Å². The highest BCUT2D eigenvalue weighted by Crippen LogP contribution is 2.21. The highest BCUT2D eigenvalue weighted by Gasteiger charge is 2.43. The van der Waals surface area contributed by atoms with Gasteiger partial charge in [0, 0.05) is 6.92 Å². The number of ether oxygens (including phenoxy) is 2. The summed E-state index contributed by atoms with van der Waals surface area (Å²) in [6.45, 7) is 2.72. The minimum Gasteiger partial charge on any atom is -0.457 e. The number of aliphatic hydroxyl groups excluding tert-OH is 3. The van der Waals surface area contributed by atoms with Crippen LogP contribution in [0.5, 0.6) is 0 Å². The lowest BCUT2D eigenvalue weighted by Crippen LogP contribution is -2.57. The second-order valence-corrected chi connectivity index (χ2v) is 3.29. The summed E-state index contributed by atoms with van der Waals surface area (Å²) in [4.78, 5) is 10.7. The van der Waals surface area contributed by atoms with E-state index in [2.05, 4.69) is 0 Å². The number of hydrogen-bond acceptors (Lipinski definition) is 6. The zero-order valence-corrected chi connectivity index (χ0v) is 7.95. The van der Waals surface area contributed by atoms with Crippen molar-refractivity contribution in [2.75, 3.05) is 0 Å². The maximum atomic E-state index is 10.7. The lowest BCUT2D eigenvalue weighted by Gasteiger charge is -2.38. The zero-order valence-electron chi connectivity index (χ0n) is 7.95. The summed E-state index contributed by atoms with van der Waals surface area (Å²) in [5, 5.41) is 27.8. The third kappa shape index (κ3) is 2.21. The molecule has 6 nitrogen and oxygen atoms in total. The van der Waals surface area contributed by atoms with Gasteiger partial charge in [0.05, 0.1) is 6.10 Å². The van der Waals surface area contributed by atoms with Crippen molar-refractivity contribution in [3.63, 3.8) is 0 Å². The summed E-state index contributed by atoms with van der Waals surface area (Å²) in [7, 11) is 0. The Hall–Kier alpha value is -0.690. The molecule has 1 aliphatic heterocycles. The van der Waals surface area contributed by atoms with E-state index in [1.165, 1.54) is 13.8 Å². The van der Waals surface area contributed by atoms with Crippen LogP contribution < -0.4 is 0 Å². The molecule has 1 fully saturated rings. The van der Waals surface area contributed by atoms with Crippen molar-refractivity contribution in [2.24, 2.45) is 0 Å². The van der Waals surface area contributed by atoms with E-state index >= 15 is 0 Å². The van der Waals surface area contributed by atoms with Gasteiger partial charge in [0.1, 0.15) is 12.2 Å². The van der Waals surface area contributed by atoms with Gasteiger partial charge in [-0.15, -0.1) is 0 Å². The number of aliphatic hydroxyl groups is 3. The predicted molar refractivity (Wildman–Crippen MR) is 44.1 cm³/mol. The van der Waals surface area contributed by atoms with Gasteiger partial charge >= 0.3 is 5.97 Å². The third-order valence-electron chi connectivity index (χ3n) is 2.10. The molecule has 1 rings (SSSR count).